The van der Waals surface area contributed by atoms with Gasteiger partial charge in [-0.1, -0.05) is 0 Å². The summed E-state index contributed by atoms with van der Waals surface area (Å²) in [6.07, 6.45) is 0. The van der Waals surface area contributed by atoms with Crippen LogP contribution < -0.4 is 3.54 Å². The van der Waals surface area contributed by atoms with Crippen LogP contribution in [0.5, 0.6) is 0 Å². The summed E-state index contributed by atoms with van der Waals surface area (Å²) in [6.45, 7) is 7.94. The van der Waals surface area contributed by atoms with Gasteiger partial charge in [0.05, 0.1) is 0 Å². The average Bonchev–Trinajstić information content (AvgIpc) is 1.66. The van der Waals surface area contributed by atoms with Gasteiger partial charge in [-0.25, -0.2) is 0 Å². The normalized spacial score (nSPS) is 7.64. The molecule has 0 aromatic heterocycles. The zero-order valence-corrected chi connectivity index (χ0v) is 12.5. The van der Waals surface area contributed by atoms with Crippen molar-refractivity contribution < 1.29 is 0 Å². The standard InChI is InChI=1S/C4H9.C2H6N.3ClH.Sn/c1-4(2)3;1-2-3;;;;/h4H,1H2,2-3H3;3H,2H2,1H3;3*1H;/q;-1;;;;+1. The first-order valence-corrected chi connectivity index (χ1v) is 6.67. The molecule has 0 saturated carbocycles. The van der Waals surface area contributed by atoms with Crippen molar-refractivity contribution in [3.05, 3.63) is 0 Å². The van der Waals surface area contributed by atoms with Crippen LogP contribution in [0.3, 0.4) is 0 Å². The Bertz CT molecular complexity index is 55.1. The summed E-state index contributed by atoms with van der Waals surface area (Å²) in [5.74, 6) is 0.917. The molecular formula is C6H18Cl3NSn. The van der Waals surface area contributed by atoms with Crippen molar-refractivity contribution in [2.75, 3.05) is 6.54 Å². The molecule has 0 atom stereocenters. The fourth-order valence-corrected chi connectivity index (χ4v) is 2.69. The molecule has 0 aliphatic carbocycles. The van der Waals surface area contributed by atoms with Crippen molar-refractivity contribution >= 4 is 58.6 Å². The van der Waals surface area contributed by atoms with E-state index in [1.165, 1.54) is 11.0 Å². The van der Waals surface area contributed by atoms with Crippen LogP contribution in [0.15, 0.2) is 0 Å². The van der Waals surface area contributed by atoms with Crippen LogP contribution in [0.1, 0.15) is 20.8 Å². The third kappa shape index (κ3) is 24.5. The van der Waals surface area contributed by atoms with Gasteiger partial charge in [-0.15, -0.1) is 37.2 Å². The smallest absolute Gasteiger partial charge is 0.147 e. The Morgan fingerprint density at radius 3 is 1.91 bits per heavy atom. The Morgan fingerprint density at radius 2 is 1.64 bits per heavy atom. The fourth-order valence-electron chi connectivity index (χ4n) is 0.401. The van der Waals surface area contributed by atoms with Gasteiger partial charge in [0.15, 0.2) is 0 Å². The van der Waals surface area contributed by atoms with Crippen molar-refractivity contribution in [3.63, 3.8) is 0 Å². The number of halogens is 3. The Labute approximate surface area is 99.3 Å². The van der Waals surface area contributed by atoms with E-state index in [-0.39, 0.29) is 58.6 Å². The van der Waals surface area contributed by atoms with Crippen LogP contribution in [0.2, 0.25) is 4.44 Å². The first-order valence-electron chi connectivity index (χ1n) is 3.23. The number of rotatable bonds is 4. The molecule has 0 amide bonds. The first-order chi connectivity index (χ1) is 3.77. The largest absolute Gasteiger partial charge is 0.147 e. The molecule has 0 spiro atoms. The molecule has 0 heterocycles. The van der Waals surface area contributed by atoms with Gasteiger partial charge >= 0.3 is 62.6 Å². The second-order valence-electron chi connectivity index (χ2n) is 2.31. The molecule has 0 aromatic rings. The zero-order chi connectivity index (χ0) is 6.41. The van der Waals surface area contributed by atoms with Crippen molar-refractivity contribution in [2.45, 2.75) is 25.2 Å². The second-order valence-corrected chi connectivity index (χ2v) is 5.49. The minimum Gasteiger partial charge on any atom is -0.147 e. The Kier molecular flexibility index (Phi) is 36.8. The van der Waals surface area contributed by atoms with Gasteiger partial charge in [0.1, 0.15) is 0 Å². The summed E-state index contributed by atoms with van der Waals surface area (Å²) in [5.41, 5.74) is 0. The SMILES string of the molecule is CC[NH][Sn][CH2]C(C)C.Cl.Cl.Cl. The predicted molar refractivity (Wildman–Crippen MR) is 60.8 cm³/mol. The molecule has 0 rings (SSSR count). The molecule has 0 bridgehead atoms. The van der Waals surface area contributed by atoms with Gasteiger partial charge < -0.3 is 0 Å². The van der Waals surface area contributed by atoms with Gasteiger partial charge in [-0.05, 0) is 0 Å². The van der Waals surface area contributed by atoms with E-state index in [4.69, 9.17) is 0 Å². The molecule has 0 fully saturated rings. The molecule has 1 N–H and O–H groups in total. The number of hydrogen-bond donors (Lipinski definition) is 1. The minimum absolute atomic E-state index is 0. The van der Waals surface area contributed by atoms with Crippen molar-refractivity contribution in [2.24, 2.45) is 5.92 Å². The van der Waals surface area contributed by atoms with E-state index in [0.29, 0.717) is 0 Å². The molecule has 0 saturated heterocycles. The van der Waals surface area contributed by atoms with Crippen molar-refractivity contribution in [3.8, 4) is 0 Å². The maximum atomic E-state index is 3.45. The van der Waals surface area contributed by atoms with E-state index >= 15 is 0 Å². The first kappa shape index (κ1) is 22.9. The zero-order valence-electron chi connectivity index (χ0n) is 7.22. The third-order valence-electron chi connectivity index (χ3n) is 0.812. The quantitative estimate of drug-likeness (QED) is 0.617. The molecule has 2 radical (unpaired) electrons. The molecule has 5 heteroatoms. The summed E-state index contributed by atoms with van der Waals surface area (Å²) in [6, 6.07) is 0. The van der Waals surface area contributed by atoms with Gasteiger partial charge in [0, 0.05) is 0 Å². The molecule has 0 aliphatic rings. The fraction of sp³-hybridized carbons (Fsp3) is 1.00. The summed E-state index contributed by atoms with van der Waals surface area (Å²) in [4.78, 5) is 0. The summed E-state index contributed by atoms with van der Waals surface area (Å²) in [7, 11) is 0. The van der Waals surface area contributed by atoms with E-state index in [9.17, 15) is 0 Å². The van der Waals surface area contributed by atoms with Gasteiger partial charge in [0.2, 0.25) is 0 Å². The summed E-state index contributed by atoms with van der Waals surface area (Å²) < 4.78 is 4.92. The molecule has 11 heavy (non-hydrogen) atoms. The van der Waals surface area contributed by atoms with Crippen LogP contribution >= 0.6 is 37.2 Å². The molecule has 0 unspecified atom stereocenters. The maximum absolute atomic E-state index is 3.45. The Hall–Kier alpha value is 1.63. The van der Waals surface area contributed by atoms with Crippen LogP contribution in [0, 0.1) is 5.92 Å². The topological polar surface area (TPSA) is 12.0 Å². The van der Waals surface area contributed by atoms with Crippen LogP contribution in [0.25, 0.3) is 0 Å². The Balaban J connectivity index is -0.0000000817. The predicted octanol–water partition coefficient (Wildman–Crippen LogP) is 2.55. The van der Waals surface area contributed by atoms with Gasteiger partial charge in [0.25, 0.3) is 0 Å². The third-order valence-corrected chi connectivity index (χ3v) is 5.45. The van der Waals surface area contributed by atoms with Gasteiger partial charge in [-0.3, -0.25) is 0 Å². The molecule has 0 aromatic carbocycles. The summed E-state index contributed by atoms with van der Waals surface area (Å²) in [5, 5.41) is 0. The average molecular weight is 329 g/mol. The molecule has 0 aliphatic heterocycles. The van der Waals surface area contributed by atoms with E-state index in [1.807, 2.05) is 0 Å². The molecule has 1 nitrogen and oxygen atoms in total. The number of nitrogens with one attached hydrogen (secondary N) is 1. The molecule has 72 valence electrons. The second kappa shape index (κ2) is 17.6. The van der Waals surface area contributed by atoms with Crippen LogP contribution in [-0.4, -0.2) is 28.0 Å². The van der Waals surface area contributed by atoms with Crippen molar-refractivity contribution in [1.82, 2.24) is 3.54 Å². The van der Waals surface area contributed by atoms with E-state index in [1.54, 1.807) is 0 Å². The minimum atomic E-state index is -0.124. The molecular weight excluding hydrogens is 311 g/mol. The van der Waals surface area contributed by atoms with Crippen molar-refractivity contribution in [1.29, 1.82) is 0 Å². The monoisotopic (exact) mass is 329 g/mol. The maximum Gasteiger partial charge on any atom is -0.147 e. The van der Waals surface area contributed by atoms with Crippen LogP contribution in [-0.2, 0) is 0 Å². The van der Waals surface area contributed by atoms with E-state index in [2.05, 4.69) is 24.3 Å². The summed E-state index contributed by atoms with van der Waals surface area (Å²) >= 11 is -0.124. The van der Waals surface area contributed by atoms with E-state index in [0.717, 1.165) is 5.92 Å². The van der Waals surface area contributed by atoms with Gasteiger partial charge in [-0.2, -0.15) is 0 Å². The number of hydrogen-bond acceptors (Lipinski definition) is 1. The van der Waals surface area contributed by atoms with Crippen LogP contribution in [0.4, 0.5) is 0 Å². The Morgan fingerprint density at radius 1 is 1.18 bits per heavy atom. The van der Waals surface area contributed by atoms with E-state index < -0.39 is 0 Å².